The molecule has 0 radical (unpaired) electrons. The molecule has 0 amide bonds. The van der Waals surface area contributed by atoms with Gasteiger partial charge >= 0.3 is 5.97 Å². The average Bonchev–Trinajstić information content (AvgIpc) is 2.74. The van der Waals surface area contributed by atoms with E-state index in [9.17, 15) is 9.90 Å². The Morgan fingerprint density at radius 3 is 2.79 bits per heavy atom. The van der Waals surface area contributed by atoms with Crippen molar-refractivity contribution in [2.24, 2.45) is 23.7 Å². The summed E-state index contributed by atoms with van der Waals surface area (Å²) >= 11 is 1.65. The predicted octanol–water partition coefficient (Wildman–Crippen LogP) is 3.77. The fourth-order valence-electron chi connectivity index (χ4n) is 3.23. The Morgan fingerprint density at radius 1 is 1.53 bits per heavy atom. The summed E-state index contributed by atoms with van der Waals surface area (Å²) in [4.78, 5) is 15.9. The summed E-state index contributed by atoms with van der Waals surface area (Å²) in [6.07, 6.45) is 3.74. The van der Waals surface area contributed by atoms with Crippen LogP contribution in [0, 0.1) is 30.6 Å². The first-order chi connectivity index (χ1) is 8.97. The summed E-state index contributed by atoms with van der Waals surface area (Å²) in [6.45, 7) is 6.49. The molecule has 3 unspecified atom stereocenters. The third-order valence-corrected chi connectivity index (χ3v) is 5.24. The number of hydrogen-bond donors (Lipinski definition) is 1. The van der Waals surface area contributed by atoms with E-state index in [-0.39, 0.29) is 11.8 Å². The quantitative estimate of drug-likeness (QED) is 0.914. The summed E-state index contributed by atoms with van der Waals surface area (Å²) in [5, 5.41) is 12.5. The minimum atomic E-state index is -0.626. The van der Waals surface area contributed by atoms with Gasteiger partial charge in [0.05, 0.1) is 16.6 Å². The first kappa shape index (κ1) is 14.5. The van der Waals surface area contributed by atoms with Gasteiger partial charge in [0.25, 0.3) is 0 Å². The van der Waals surface area contributed by atoms with Gasteiger partial charge in [0.1, 0.15) is 0 Å². The molecular formula is C15H23NO2S. The van der Waals surface area contributed by atoms with Crippen LogP contribution in [0.4, 0.5) is 0 Å². The fourth-order valence-corrected chi connectivity index (χ4v) is 3.85. The number of carboxylic acid groups (broad SMARTS) is 1. The molecule has 0 saturated heterocycles. The van der Waals surface area contributed by atoms with Crippen molar-refractivity contribution in [2.45, 2.75) is 46.5 Å². The number of hydrogen-bond acceptors (Lipinski definition) is 3. The zero-order chi connectivity index (χ0) is 14.0. The lowest BCUT2D eigenvalue weighted by Crippen LogP contribution is -2.33. The van der Waals surface area contributed by atoms with Crippen LogP contribution >= 0.6 is 11.3 Å². The van der Waals surface area contributed by atoms with E-state index in [1.165, 1.54) is 0 Å². The Kier molecular flexibility index (Phi) is 4.61. The van der Waals surface area contributed by atoms with Crippen molar-refractivity contribution >= 4 is 17.3 Å². The van der Waals surface area contributed by atoms with Gasteiger partial charge in [0.2, 0.25) is 0 Å². The normalized spacial score (nSPS) is 27.7. The lowest BCUT2D eigenvalue weighted by molar-refractivity contribution is -0.145. The molecule has 3 nitrogen and oxygen atoms in total. The minimum Gasteiger partial charge on any atom is -0.481 e. The number of thiazole rings is 1. The van der Waals surface area contributed by atoms with Crippen LogP contribution < -0.4 is 0 Å². The van der Waals surface area contributed by atoms with E-state index < -0.39 is 5.97 Å². The van der Waals surface area contributed by atoms with Crippen LogP contribution in [0.15, 0.2) is 5.38 Å². The second-order valence-corrected chi connectivity index (χ2v) is 7.15. The molecule has 0 spiro atoms. The highest BCUT2D eigenvalue weighted by molar-refractivity contribution is 7.09. The Bertz CT molecular complexity index is 441. The molecule has 1 saturated carbocycles. The monoisotopic (exact) mass is 281 g/mol. The molecule has 0 bridgehead atoms. The highest BCUT2D eigenvalue weighted by Crippen LogP contribution is 2.39. The van der Waals surface area contributed by atoms with Crippen LogP contribution in [-0.2, 0) is 11.2 Å². The van der Waals surface area contributed by atoms with Gasteiger partial charge < -0.3 is 5.11 Å². The van der Waals surface area contributed by atoms with Crippen molar-refractivity contribution in [2.75, 3.05) is 0 Å². The standard InChI is InChI=1S/C15H23NO2S/c1-9(2)11-4-5-14(15(17)18)12(6-11)7-13-8-19-10(3)16-13/h8-9,11-12,14H,4-7H2,1-3H3,(H,17,18). The van der Waals surface area contributed by atoms with Gasteiger partial charge in [-0.2, -0.15) is 0 Å². The van der Waals surface area contributed by atoms with Crippen LogP contribution in [-0.4, -0.2) is 16.1 Å². The maximum Gasteiger partial charge on any atom is 0.306 e. The zero-order valence-electron chi connectivity index (χ0n) is 11.9. The summed E-state index contributed by atoms with van der Waals surface area (Å²) in [6, 6.07) is 0. The molecule has 4 heteroatoms. The van der Waals surface area contributed by atoms with Crippen molar-refractivity contribution < 1.29 is 9.90 Å². The lowest BCUT2D eigenvalue weighted by atomic mass is 9.69. The van der Waals surface area contributed by atoms with Gasteiger partial charge in [-0.25, -0.2) is 4.98 Å². The van der Waals surface area contributed by atoms with Crippen molar-refractivity contribution in [3.63, 3.8) is 0 Å². The molecule has 1 aliphatic carbocycles. The van der Waals surface area contributed by atoms with Gasteiger partial charge in [-0.05, 0) is 50.4 Å². The van der Waals surface area contributed by atoms with Gasteiger partial charge in [0, 0.05) is 5.38 Å². The van der Waals surface area contributed by atoms with Crippen LogP contribution in [0.25, 0.3) is 0 Å². The summed E-state index contributed by atoms with van der Waals surface area (Å²) in [5.41, 5.74) is 1.07. The van der Waals surface area contributed by atoms with Gasteiger partial charge in [0.15, 0.2) is 0 Å². The number of rotatable bonds is 4. The third-order valence-electron chi connectivity index (χ3n) is 4.42. The average molecular weight is 281 g/mol. The second kappa shape index (κ2) is 6.04. The van der Waals surface area contributed by atoms with E-state index in [0.717, 1.165) is 36.4 Å². The molecule has 1 heterocycles. The Hall–Kier alpha value is -0.900. The highest BCUT2D eigenvalue weighted by Gasteiger charge is 2.36. The van der Waals surface area contributed by atoms with Crippen LogP contribution in [0.5, 0.6) is 0 Å². The van der Waals surface area contributed by atoms with E-state index in [4.69, 9.17) is 0 Å². The predicted molar refractivity (Wildman–Crippen MR) is 77.3 cm³/mol. The van der Waals surface area contributed by atoms with Crippen LogP contribution in [0.3, 0.4) is 0 Å². The molecule has 3 atom stereocenters. The lowest BCUT2D eigenvalue weighted by Gasteiger charge is -2.35. The summed E-state index contributed by atoms with van der Waals surface area (Å²) in [7, 11) is 0. The Balaban J connectivity index is 2.09. The van der Waals surface area contributed by atoms with Gasteiger partial charge in [-0.15, -0.1) is 11.3 Å². The molecule has 0 aliphatic heterocycles. The number of aryl methyl sites for hydroxylation is 1. The first-order valence-electron chi connectivity index (χ1n) is 7.11. The van der Waals surface area contributed by atoms with Gasteiger partial charge in [-0.3, -0.25) is 4.79 Å². The highest BCUT2D eigenvalue weighted by atomic mass is 32.1. The first-order valence-corrected chi connectivity index (χ1v) is 7.99. The molecule has 106 valence electrons. The number of carboxylic acids is 1. The van der Waals surface area contributed by atoms with Crippen LogP contribution in [0.2, 0.25) is 0 Å². The van der Waals surface area contributed by atoms with Crippen molar-refractivity contribution in [1.29, 1.82) is 0 Å². The zero-order valence-corrected chi connectivity index (χ0v) is 12.7. The molecule has 1 aliphatic rings. The molecule has 19 heavy (non-hydrogen) atoms. The van der Waals surface area contributed by atoms with Gasteiger partial charge in [-0.1, -0.05) is 13.8 Å². The van der Waals surface area contributed by atoms with Crippen molar-refractivity contribution in [1.82, 2.24) is 4.98 Å². The van der Waals surface area contributed by atoms with Crippen molar-refractivity contribution in [3.05, 3.63) is 16.1 Å². The van der Waals surface area contributed by atoms with E-state index in [1.54, 1.807) is 11.3 Å². The number of aliphatic carboxylic acids is 1. The fraction of sp³-hybridized carbons (Fsp3) is 0.733. The number of carbonyl (C=O) groups is 1. The summed E-state index contributed by atoms with van der Waals surface area (Å²) < 4.78 is 0. The van der Waals surface area contributed by atoms with Crippen LogP contribution in [0.1, 0.15) is 43.8 Å². The maximum absolute atomic E-state index is 11.4. The summed E-state index contributed by atoms with van der Waals surface area (Å²) in [5.74, 6) is 0.756. The Morgan fingerprint density at radius 2 is 2.26 bits per heavy atom. The Labute approximate surface area is 119 Å². The maximum atomic E-state index is 11.4. The largest absolute Gasteiger partial charge is 0.481 e. The molecule has 2 rings (SSSR count). The third kappa shape index (κ3) is 3.56. The van der Waals surface area contributed by atoms with E-state index in [2.05, 4.69) is 24.2 Å². The minimum absolute atomic E-state index is 0.183. The smallest absolute Gasteiger partial charge is 0.306 e. The molecule has 1 fully saturated rings. The molecular weight excluding hydrogens is 258 g/mol. The molecule has 1 aromatic heterocycles. The van der Waals surface area contributed by atoms with E-state index in [0.29, 0.717) is 11.8 Å². The van der Waals surface area contributed by atoms with E-state index in [1.807, 2.05) is 6.92 Å². The van der Waals surface area contributed by atoms with Crippen molar-refractivity contribution in [3.8, 4) is 0 Å². The number of nitrogens with zero attached hydrogens (tertiary/aromatic N) is 1. The SMILES string of the molecule is Cc1nc(CC2CC(C(C)C)CCC2C(=O)O)cs1. The topological polar surface area (TPSA) is 50.2 Å². The molecule has 0 aromatic carbocycles. The van der Waals surface area contributed by atoms with E-state index >= 15 is 0 Å². The number of aromatic nitrogens is 1. The molecule has 1 aromatic rings. The second-order valence-electron chi connectivity index (χ2n) is 6.08. The molecule has 1 N–H and O–H groups in total.